The van der Waals surface area contributed by atoms with Crippen LogP contribution in [0.3, 0.4) is 0 Å². The fraction of sp³-hybridized carbons (Fsp3) is 0.636. The Labute approximate surface area is 86.9 Å². The first-order chi connectivity index (χ1) is 6.68. The zero-order valence-corrected chi connectivity index (χ0v) is 9.05. The SMILES string of the molecule is C=CCNCC(C)(CO)CNCC=C. The molecule has 0 aromatic carbocycles. The molecule has 0 aromatic heterocycles. The van der Waals surface area contributed by atoms with Crippen molar-refractivity contribution in [2.75, 3.05) is 32.8 Å². The summed E-state index contributed by atoms with van der Waals surface area (Å²) in [6, 6.07) is 0. The summed E-state index contributed by atoms with van der Waals surface area (Å²) >= 11 is 0. The molecule has 3 nitrogen and oxygen atoms in total. The Bertz CT molecular complexity index is 155. The van der Waals surface area contributed by atoms with Gasteiger partial charge in [0, 0.05) is 31.6 Å². The minimum Gasteiger partial charge on any atom is -0.396 e. The zero-order chi connectivity index (χ0) is 10.9. The molecule has 3 N–H and O–H groups in total. The topological polar surface area (TPSA) is 44.3 Å². The molecule has 0 aliphatic heterocycles. The number of hydrogen-bond donors (Lipinski definition) is 3. The van der Waals surface area contributed by atoms with Gasteiger partial charge in [-0.05, 0) is 0 Å². The average Bonchev–Trinajstić information content (AvgIpc) is 2.19. The third-order valence-corrected chi connectivity index (χ3v) is 2.06. The summed E-state index contributed by atoms with van der Waals surface area (Å²) in [7, 11) is 0. The van der Waals surface area contributed by atoms with Crippen molar-refractivity contribution in [3.05, 3.63) is 25.3 Å². The highest BCUT2D eigenvalue weighted by molar-refractivity contribution is 4.82. The second-order valence-corrected chi connectivity index (χ2v) is 3.81. The van der Waals surface area contributed by atoms with Crippen LogP contribution in [0.4, 0.5) is 0 Å². The highest BCUT2D eigenvalue weighted by Gasteiger charge is 2.21. The molecule has 0 heterocycles. The van der Waals surface area contributed by atoms with Crippen molar-refractivity contribution in [3.8, 4) is 0 Å². The predicted octanol–water partition coefficient (Wildman–Crippen LogP) is 0.536. The van der Waals surface area contributed by atoms with E-state index in [2.05, 4.69) is 23.8 Å². The monoisotopic (exact) mass is 198 g/mol. The van der Waals surface area contributed by atoms with E-state index in [1.165, 1.54) is 0 Å². The molecular formula is C11H22N2O. The maximum atomic E-state index is 9.25. The first-order valence-corrected chi connectivity index (χ1v) is 4.92. The summed E-state index contributed by atoms with van der Waals surface area (Å²) < 4.78 is 0. The molecular weight excluding hydrogens is 176 g/mol. The summed E-state index contributed by atoms with van der Waals surface area (Å²) in [4.78, 5) is 0. The third kappa shape index (κ3) is 5.91. The van der Waals surface area contributed by atoms with Gasteiger partial charge in [-0.25, -0.2) is 0 Å². The van der Waals surface area contributed by atoms with Gasteiger partial charge in [-0.2, -0.15) is 0 Å². The van der Waals surface area contributed by atoms with Crippen LogP contribution in [0.1, 0.15) is 6.92 Å². The van der Waals surface area contributed by atoms with E-state index >= 15 is 0 Å². The highest BCUT2D eigenvalue weighted by atomic mass is 16.3. The van der Waals surface area contributed by atoms with Gasteiger partial charge in [0.05, 0.1) is 6.61 Å². The smallest absolute Gasteiger partial charge is 0.0509 e. The van der Waals surface area contributed by atoms with Crippen LogP contribution in [0.25, 0.3) is 0 Å². The molecule has 0 saturated heterocycles. The lowest BCUT2D eigenvalue weighted by Crippen LogP contribution is -2.43. The maximum Gasteiger partial charge on any atom is 0.0509 e. The molecule has 0 rings (SSSR count). The van der Waals surface area contributed by atoms with Crippen molar-refractivity contribution < 1.29 is 5.11 Å². The molecule has 0 amide bonds. The van der Waals surface area contributed by atoms with E-state index < -0.39 is 0 Å². The van der Waals surface area contributed by atoms with Crippen LogP contribution in [0.5, 0.6) is 0 Å². The molecule has 0 aromatic rings. The second kappa shape index (κ2) is 7.74. The highest BCUT2D eigenvalue weighted by Crippen LogP contribution is 2.11. The fourth-order valence-electron chi connectivity index (χ4n) is 1.13. The lowest BCUT2D eigenvalue weighted by molar-refractivity contribution is 0.140. The molecule has 0 aliphatic carbocycles. The standard InChI is InChI=1S/C11H22N2O/c1-4-6-12-8-11(3,10-14)9-13-7-5-2/h4-5,12-14H,1-2,6-10H2,3H3. The van der Waals surface area contributed by atoms with Crippen molar-refractivity contribution in [1.82, 2.24) is 10.6 Å². The normalized spacial score (nSPS) is 11.3. The van der Waals surface area contributed by atoms with Crippen molar-refractivity contribution in [3.63, 3.8) is 0 Å². The second-order valence-electron chi connectivity index (χ2n) is 3.81. The number of aliphatic hydroxyl groups excluding tert-OH is 1. The first-order valence-electron chi connectivity index (χ1n) is 4.92. The van der Waals surface area contributed by atoms with Crippen molar-refractivity contribution in [1.29, 1.82) is 0 Å². The third-order valence-electron chi connectivity index (χ3n) is 2.06. The molecule has 82 valence electrons. The quantitative estimate of drug-likeness (QED) is 0.374. The van der Waals surface area contributed by atoms with Crippen LogP contribution in [-0.2, 0) is 0 Å². The van der Waals surface area contributed by atoms with Gasteiger partial charge in [-0.1, -0.05) is 19.1 Å². The molecule has 0 bridgehead atoms. The Morgan fingerprint density at radius 1 is 1.14 bits per heavy atom. The number of hydrogen-bond acceptors (Lipinski definition) is 3. The van der Waals surface area contributed by atoms with Gasteiger partial charge in [-0.15, -0.1) is 13.2 Å². The summed E-state index contributed by atoms with van der Waals surface area (Å²) in [5, 5.41) is 15.7. The largest absolute Gasteiger partial charge is 0.396 e. The van der Waals surface area contributed by atoms with Crippen LogP contribution in [0.2, 0.25) is 0 Å². The van der Waals surface area contributed by atoms with Gasteiger partial charge in [0.2, 0.25) is 0 Å². The van der Waals surface area contributed by atoms with Crippen molar-refractivity contribution >= 4 is 0 Å². The Morgan fingerprint density at radius 2 is 1.57 bits per heavy atom. The average molecular weight is 198 g/mol. The van der Waals surface area contributed by atoms with E-state index in [-0.39, 0.29) is 12.0 Å². The van der Waals surface area contributed by atoms with Crippen LogP contribution in [0, 0.1) is 5.41 Å². The summed E-state index contributed by atoms with van der Waals surface area (Å²) in [5.74, 6) is 0. The molecule has 0 atom stereocenters. The Morgan fingerprint density at radius 3 is 1.86 bits per heavy atom. The maximum absolute atomic E-state index is 9.25. The van der Waals surface area contributed by atoms with Gasteiger partial charge < -0.3 is 15.7 Å². The molecule has 14 heavy (non-hydrogen) atoms. The van der Waals surface area contributed by atoms with E-state index in [0.29, 0.717) is 0 Å². The summed E-state index contributed by atoms with van der Waals surface area (Å²) in [5.41, 5.74) is -0.119. The minimum atomic E-state index is -0.119. The number of rotatable bonds is 9. The minimum absolute atomic E-state index is 0.119. The molecule has 3 heteroatoms. The predicted molar refractivity (Wildman–Crippen MR) is 61.3 cm³/mol. The molecule has 0 unspecified atom stereocenters. The van der Waals surface area contributed by atoms with Gasteiger partial charge in [-0.3, -0.25) is 0 Å². The van der Waals surface area contributed by atoms with Crippen molar-refractivity contribution in [2.24, 2.45) is 5.41 Å². The van der Waals surface area contributed by atoms with E-state index in [1.54, 1.807) is 0 Å². The Kier molecular flexibility index (Phi) is 7.38. The van der Waals surface area contributed by atoms with Crippen molar-refractivity contribution in [2.45, 2.75) is 6.92 Å². The summed E-state index contributed by atoms with van der Waals surface area (Å²) in [6.07, 6.45) is 3.63. The Hall–Kier alpha value is -0.640. The van der Waals surface area contributed by atoms with Crippen LogP contribution < -0.4 is 10.6 Å². The lowest BCUT2D eigenvalue weighted by Gasteiger charge is -2.27. The first kappa shape index (κ1) is 13.4. The van der Waals surface area contributed by atoms with E-state index in [9.17, 15) is 5.11 Å². The summed E-state index contributed by atoms with van der Waals surface area (Å²) in [6.45, 7) is 12.6. The number of aliphatic hydroxyl groups is 1. The number of nitrogens with one attached hydrogen (secondary N) is 2. The lowest BCUT2D eigenvalue weighted by atomic mass is 9.91. The molecule has 0 radical (unpaired) electrons. The van der Waals surface area contributed by atoms with Gasteiger partial charge in [0.15, 0.2) is 0 Å². The van der Waals surface area contributed by atoms with Crippen LogP contribution in [0.15, 0.2) is 25.3 Å². The molecule has 0 fully saturated rings. The van der Waals surface area contributed by atoms with Gasteiger partial charge in [0.25, 0.3) is 0 Å². The fourth-order valence-corrected chi connectivity index (χ4v) is 1.13. The van der Waals surface area contributed by atoms with E-state index in [0.717, 1.165) is 26.2 Å². The molecule has 0 aliphatic rings. The van der Waals surface area contributed by atoms with Crippen LogP contribution >= 0.6 is 0 Å². The molecule has 0 spiro atoms. The van der Waals surface area contributed by atoms with Crippen LogP contribution in [-0.4, -0.2) is 37.9 Å². The van der Waals surface area contributed by atoms with Gasteiger partial charge >= 0.3 is 0 Å². The molecule has 0 saturated carbocycles. The van der Waals surface area contributed by atoms with Gasteiger partial charge in [0.1, 0.15) is 0 Å². The zero-order valence-electron chi connectivity index (χ0n) is 9.05. The van der Waals surface area contributed by atoms with E-state index in [1.807, 2.05) is 19.1 Å². The van der Waals surface area contributed by atoms with E-state index in [4.69, 9.17) is 0 Å². The Balaban J connectivity index is 3.77.